The maximum absolute atomic E-state index is 5.37. The monoisotopic (exact) mass is 270 g/mol. The van der Waals surface area contributed by atoms with E-state index in [0.29, 0.717) is 4.99 Å². The Kier molecular flexibility index (Phi) is 5.88. The number of allylic oxidation sites excluding steroid dienone is 1. The lowest BCUT2D eigenvalue weighted by atomic mass is 10.0. The van der Waals surface area contributed by atoms with E-state index in [1.54, 1.807) is 23.9 Å². The topological polar surface area (TPSA) is 24.8 Å². The SMILES string of the molecule is CON(C)C(=S)C1=C(C)CCC(SC)=NC=C1. The van der Waals surface area contributed by atoms with Crippen molar-refractivity contribution in [3.05, 3.63) is 23.4 Å². The van der Waals surface area contributed by atoms with Crippen LogP contribution in [-0.2, 0) is 4.84 Å². The van der Waals surface area contributed by atoms with Gasteiger partial charge in [-0.05, 0) is 32.1 Å². The van der Waals surface area contributed by atoms with E-state index in [9.17, 15) is 0 Å². The smallest absolute Gasteiger partial charge is 0.133 e. The Balaban J connectivity index is 2.94. The van der Waals surface area contributed by atoms with Gasteiger partial charge in [0.25, 0.3) is 0 Å². The average molecular weight is 270 g/mol. The molecule has 0 radical (unpaired) electrons. The van der Waals surface area contributed by atoms with Crippen molar-refractivity contribution < 1.29 is 4.84 Å². The molecule has 0 unspecified atom stereocenters. The zero-order valence-corrected chi connectivity index (χ0v) is 12.3. The predicted octanol–water partition coefficient (Wildman–Crippen LogP) is 3.19. The zero-order chi connectivity index (χ0) is 12.8. The Morgan fingerprint density at radius 1 is 1.53 bits per heavy atom. The highest BCUT2D eigenvalue weighted by atomic mass is 32.2. The van der Waals surface area contributed by atoms with Crippen molar-refractivity contribution in [3.63, 3.8) is 0 Å². The Bertz CT molecular complexity index is 386. The van der Waals surface area contributed by atoms with E-state index in [2.05, 4.69) is 18.2 Å². The highest BCUT2D eigenvalue weighted by Gasteiger charge is 2.12. The van der Waals surface area contributed by atoms with E-state index in [1.165, 1.54) is 5.57 Å². The van der Waals surface area contributed by atoms with E-state index < -0.39 is 0 Å². The first-order valence-electron chi connectivity index (χ1n) is 5.39. The molecule has 1 rings (SSSR count). The molecular weight excluding hydrogens is 252 g/mol. The second kappa shape index (κ2) is 6.93. The van der Waals surface area contributed by atoms with Gasteiger partial charge < -0.3 is 0 Å². The van der Waals surface area contributed by atoms with Crippen molar-refractivity contribution in [3.8, 4) is 0 Å². The van der Waals surface area contributed by atoms with Gasteiger partial charge in [-0.2, -0.15) is 0 Å². The van der Waals surface area contributed by atoms with Gasteiger partial charge in [0.2, 0.25) is 0 Å². The Labute approximate surface area is 113 Å². The molecule has 1 aliphatic rings. The number of thioether (sulfide) groups is 1. The summed E-state index contributed by atoms with van der Waals surface area (Å²) < 4.78 is 0. The molecule has 1 aliphatic heterocycles. The summed E-state index contributed by atoms with van der Waals surface area (Å²) in [5.41, 5.74) is 2.31. The highest BCUT2D eigenvalue weighted by molar-refractivity contribution is 8.13. The first-order chi connectivity index (χ1) is 8.10. The van der Waals surface area contributed by atoms with Crippen LogP contribution >= 0.6 is 24.0 Å². The van der Waals surface area contributed by atoms with Crippen LogP contribution in [0.4, 0.5) is 0 Å². The first-order valence-corrected chi connectivity index (χ1v) is 7.02. The molecule has 0 bridgehead atoms. The highest BCUT2D eigenvalue weighted by Crippen LogP contribution is 2.20. The number of likely N-dealkylation sites (N-methyl/N-ethyl adjacent to an activating group) is 1. The van der Waals surface area contributed by atoms with Crippen LogP contribution < -0.4 is 0 Å². The number of hydrogen-bond donors (Lipinski definition) is 0. The van der Waals surface area contributed by atoms with Gasteiger partial charge in [0.05, 0.1) is 12.2 Å². The second-order valence-electron chi connectivity index (χ2n) is 3.72. The number of nitrogens with zero attached hydrogens (tertiary/aromatic N) is 2. The average Bonchev–Trinajstić information content (AvgIpc) is 2.33. The van der Waals surface area contributed by atoms with Crippen LogP contribution in [0.2, 0.25) is 0 Å². The number of rotatable bonds is 2. The van der Waals surface area contributed by atoms with Crippen molar-refractivity contribution >= 4 is 34.0 Å². The van der Waals surface area contributed by atoms with Gasteiger partial charge in [0.15, 0.2) is 0 Å². The third-order valence-corrected chi connectivity index (χ3v) is 3.92. The molecule has 0 saturated heterocycles. The molecule has 0 spiro atoms. The molecule has 5 heteroatoms. The molecule has 0 fully saturated rings. The number of aliphatic imine (C=N–C) groups is 1. The fraction of sp³-hybridized carbons (Fsp3) is 0.500. The fourth-order valence-corrected chi connectivity index (χ4v) is 2.28. The summed E-state index contributed by atoms with van der Waals surface area (Å²) in [7, 11) is 3.42. The summed E-state index contributed by atoms with van der Waals surface area (Å²) in [6, 6.07) is 0. The standard InChI is InChI=1S/C12H18N2OS2/c1-9-5-6-11(17-4)13-8-7-10(9)12(16)14(2)15-3/h7-8H,5-6H2,1-4H3. The fourth-order valence-electron chi connectivity index (χ4n) is 1.49. The number of hydroxylamine groups is 2. The molecule has 17 heavy (non-hydrogen) atoms. The molecule has 3 nitrogen and oxygen atoms in total. The van der Waals surface area contributed by atoms with Crippen LogP contribution in [0.1, 0.15) is 19.8 Å². The third-order valence-electron chi connectivity index (χ3n) is 2.66. The molecular formula is C12H18N2OS2. The van der Waals surface area contributed by atoms with Crippen molar-refractivity contribution in [2.24, 2.45) is 4.99 Å². The minimum atomic E-state index is 0.698. The van der Waals surface area contributed by atoms with Gasteiger partial charge >= 0.3 is 0 Å². The lowest BCUT2D eigenvalue weighted by Crippen LogP contribution is -2.25. The lowest BCUT2D eigenvalue weighted by molar-refractivity contribution is -0.0386. The molecule has 0 atom stereocenters. The van der Waals surface area contributed by atoms with E-state index in [1.807, 2.05) is 19.3 Å². The van der Waals surface area contributed by atoms with Crippen LogP contribution in [0, 0.1) is 0 Å². The Hall–Kier alpha value is -0.650. The molecule has 0 aromatic carbocycles. The Morgan fingerprint density at radius 2 is 2.24 bits per heavy atom. The maximum atomic E-state index is 5.37. The summed E-state index contributed by atoms with van der Waals surface area (Å²) in [5.74, 6) is 0. The minimum absolute atomic E-state index is 0.698. The molecule has 0 aliphatic carbocycles. The van der Waals surface area contributed by atoms with E-state index in [0.717, 1.165) is 23.5 Å². The lowest BCUT2D eigenvalue weighted by Gasteiger charge is -2.20. The quantitative estimate of drug-likeness (QED) is 0.568. The van der Waals surface area contributed by atoms with Gasteiger partial charge in [0, 0.05) is 18.8 Å². The largest absolute Gasteiger partial charge is 0.276 e. The molecule has 1 heterocycles. The van der Waals surface area contributed by atoms with Gasteiger partial charge in [-0.25, -0.2) is 5.06 Å². The molecule has 0 aromatic rings. The molecule has 0 amide bonds. The van der Waals surface area contributed by atoms with Gasteiger partial charge in [-0.15, -0.1) is 11.8 Å². The maximum Gasteiger partial charge on any atom is 0.133 e. The van der Waals surface area contributed by atoms with Crippen molar-refractivity contribution in [1.82, 2.24) is 5.06 Å². The second-order valence-corrected chi connectivity index (χ2v) is 4.99. The van der Waals surface area contributed by atoms with Crippen molar-refractivity contribution in [1.29, 1.82) is 0 Å². The van der Waals surface area contributed by atoms with E-state index in [4.69, 9.17) is 17.1 Å². The van der Waals surface area contributed by atoms with Crippen molar-refractivity contribution in [2.75, 3.05) is 20.4 Å². The normalized spacial score (nSPS) is 16.4. The molecule has 0 saturated carbocycles. The van der Waals surface area contributed by atoms with Crippen LogP contribution in [-0.4, -0.2) is 35.5 Å². The van der Waals surface area contributed by atoms with Crippen LogP contribution in [0.25, 0.3) is 0 Å². The zero-order valence-electron chi connectivity index (χ0n) is 10.7. The van der Waals surface area contributed by atoms with Crippen LogP contribution in [0.3, 0.4) is 0 Å². The summed E-state index contributed by atoms with van der Waals surface area (Å²) >= 11 is 7.07. The summed E-state index contributed by atoms with van der Waals surface area (Å²) in [5, 5.41) is 2.75. The van der Waals surface area contributed by atoms with E-state index >= 15 is 0 Å². The summed E-state index contributed by atoms with van der Waals surface area (Å²) in [4.78, 5) is 10.2. The number of thiocarbonyl (C=S) groups is 1. The molecule has 94 valence electrons. The summed E-state index contributed by atoms with van der Waals surface area (Å²) in [6.07, 6.45) is 7.79. The van der Waals surface area contributed by atoms with Crippen molar-refractivity contribution in [2.45, 2.75) is 19.8 Å². The molecule has 0 aromatic heterocycles. The Morgan fingerprint density at radius 3 is 2.82 bits per heavy atom. The summed E-state index contributed by atoms with van der Waals surface area (Å²) in [6.45, 7) is 2.11. The van der Waals surface area contributed by atoms with Crippen LogP contribution in [0.5, 0.6) is 0 Å². The predicted molar refractivity (Wildman–Crippen MR) is 79.4 cm³/mol. The minimum Gasteiger partial charge on any atom is -0.276 e. The van der Waals surface area contributed by atoms with Crippen LogP contribution in [0.15, 0.2) is 28.4 Å². The van der Waals surface area contributed by atoms with Gasteiger partial charge in [-0.1, -0.05) is 17.8 Å². The third kappa shape index (κ3) is 3.94. The van der Waals surface area contributed by atoms with Gasteiger partial charge in [0.1, 0.15) is 4.99 Å². The first kappa shape index (κ1) is 14.4. The van der Waals surface area contributed by atoms with E-state index in [-0.39, 0.29) is 0 Å². The number of hydrogen-bond acceptors (Lipinski definition) is 4. The van der Waals surface area contributed by atoms with Gasteiger partial charge in [-0.3, -0.25) is 9.83 Å². The molecule has 0 N–H and O–H groups in total.